The largest absolute Gasteiger partial charge is 0.331 e. The second-order valence-corrected chi connectivity index (χ2v) is 7.66. The smallest absolute Gasteiger partial charge is 0.233 e. The lowest BCUT2D eigenvalue weighted by molar-refractivity contribution is -0.917. The molecule has 1 aliphatic heterocycles. The average molecular weight is 359 g/mol. The van der Waals surface area contributed by atoms with Crippen molar-refractivity contribution in [2.75, 3.05) is 31.9 Å². The van der Waals surface area contributed by atoms with Crippen LogP contribution < -0.4 is 4.90 Å². The second kappa shape index (κ2) is 7.53. The molecule has 0 atom stereocenters. The van der Waals surface area contributed by atoms with Crippen molar-refractivity contribution in [1.29, 1.82) is 0 Å². The first-order chi connectivity index (χ1) is 12.3. The van der Waals surface area contributed by atoms with Gasteiger partial charge in [-0.2, -0.15) is 0 Å². The molecule has 1 amide bonds. The van der Waals surface area contributed by atoms with E-state index in [2.05, 4.69) is 39.8 Å². The molecule has 1 aromatic carbocycles. The van der Waals surface area contributed by atoms with E-state index in [0.29, 0.717) is 11.8 Å². The molecule has 0 bridgehead atoms. The number of nitrogens with one attached hydrogen (secondary N) is 1. The van der Waals surface area contributed by atoms with Gasteiger partial charge in [-0.3, -0.25) is 4.79 Å². The number of quaternary nitrogens is 1. The Bertz CT molecular complexity index is 709. The maximum atomic E-state index is 12.5. The minimum Gasteiger partial charge on any atom is -0.331 e. The van der Waals surface area contributed by atoms with Gasteiger partial charge in [0.1, 0.15) is 6.54 Å². The number of amides is 1. The van der Waals surface area contributed by atoms with E-state index >= 15 is 0 Å². The molecule has 2 fully saturated rings. The van der Waals surface area contributed by atoms with E-state index in [4.69, 9.17) is 0 Å². The molecule has 25 heavy (non-hydrogen) atoms. The maximum absolute atomic E-state index is 12.5. The number of nitrogens with zero attached hydrogens (tertiary/aromatic N) is 5. The summed E-state index contributed by atoms with van der Waals surface area (Å²) in [5, 5.41) is 12.6. The van der Waals surface area contributed by atoms with Crippen molar-refractivity contribution in [2.24, 2.45) is 0 Å². The first kappa shape index (κ1) is 16.5. The SMILES string of the molecule is O=C(CSc1nnnn1C1CC1)N1CC[NH+](Cc2ccccc2)CC1. The summed E-state index contributed by atoms with van der Waals surface area (Å²) in [7, 11) is 0. The van der Waals surface area contributed by atoms with Crippen molar-refractivity contribution < 1.29 is 9.69 Å². The fourth-order valence-electron chi connectivity index (χ4n) is 3.18. The minimum absolute atomic E-state index is 0.189. The number of rotatable bonds is 6. The normalized spacial score (nSPS) is 18.5. The number of carbonyl (C=O) groups excluding carboxylic acids is 1. The number of hydrogen-bond donors (Lipinski definition) is 1. The molecule has 7 nitrogen and oxygen atoms in total. The van der Waals surface area contributed by atoms with Crippen LogP contribution in [0, 0.1) is 0 Å². The Hall–Kier alpha value is -1.93. The number of tetrazole rings is 1. The highest BCUT2D eigenvalue weighted by atomic mass is 32.2. The van der Waals surface area contributed by atoms with Crippen LogP contribution in [0.15, 0.2) is 35.5 Å². The molecule has 1 saturated heterocycles. The molecule has 1 aliphatic carbocycles. The van der Waals surface area contributed by atoms with Crippen molar-refractivity contribution in [3.05, 3.63) is 35.9 Å². The highest BCUT2D eigenvalue weighted by Crippen LogP contribution is 2.36. The molecular formula is C17H23N6OS+. The lowest BCUT2D eigenvalue weighted by Crippen LogP contribution is -3.13. The van der Waals surface area contributed by atoms with Gasteiger partial charge < -0.3 is 9.80 Å². The maximum Gasteiger partial charge on any atom is 0.233 e. The van der Waals surface area contributed by atoms with Crippen molar-refractivity contribution in [3.63, 3.8) is 0 Å². The Morgan fingerprint density at radius 3 is 2.68 bits per heavy atom. The second-order valence-electron chi connectivity index (χ2n) is 6.72. The van der Waals surface area contributed by atoms with Crippen molar-refractivity contribution in [2.45, 2.75) is 30.6 Å². The van der Waals surface area contributed by atoms with E-state index < -0.39 is 0 Å². The van der Waals surface area contributed by atoms with Gasteiger partial charge in [-0.25, -0.2) is 4.68 Å². The van der Waals surface area contributed by atoms with Crippen molar-refractivity contribution >= 4 is 17.7 Å². The van der Waals surface area contributed by atoms with Crippen LogP contribution in [0.3, 0.4) is 0 Å². The molecule has 1 N–H and O–H groups in total. The summed E-state index contributed by atoms with van der Waals surface area (Å²) in [5.41, 5.74) is 1.36. The van der Waals surface area contributed by atoms with E-state index in [9.17, 15) is 4.79 Å². The van der Waals surface area contributed by atoms with E-state index in [1.165, 1.54) is 17.3 Å². The first-order valence-corrected chi connectivity index (χ1v) is 9.84. The van der Waals surface area contributed by atoms with E-state index in [0.717, 1.165) is 50.7 Å². The van der Waals surface area contributed by atoms with Crippen LogP contribution >= 0.6 is 11.8 Å². The van der Waals surface area contributed by atoms with Crippen molar-refractivity contribution in [1.82, 2.24) is 25.1 Å². The van der Waals surface area contributed by atoms with Crippen LogP contribution in [0.25, 0.3) is 0 Å². The molecule has 2 aliphatic rings. The quantitative estimate of drug-likeness (QED) is 0.737. The topological polar surface area (TPSA) is 68.4 Å². The number of benzene rings is 1. The summed E-state index contributed by atoms with van der Waals surface area (Å²) in [6.07, 6.45) is 2.28. The van der Waals surface area contributed by atoms with Crippen LogP contribution in [0.1, 0.15) is 24.4 Å². The van der Waals surface area contributed by atoms with Gasteiger partial charge in [-0.05, 0) is 23.3 Å². The Morgan fingerprint density at radius 2 is 1.96 bits per heavy atom. The van der Waals surface area contributed by atoms with Gasteiger partial charge in [-0.1, -0.05) is 42.1 Å². The molecule has 8 heteroatoms. The molecule has 0 spiro atoms. The zero-order valence-electron chi connectivity index (χ0n) is 14.2. The number of thioether (sulfide) groups is 1. The Labute approximate surface area is 151 Å². The molecule has 1 saturated carbocycles. The molecule has 0 radical (unpaired) electrons. The predicted molar refractivity (Wildman–Crippen MR) is 94.2 cm³/mol. The molecule has 2 heterocycles. The van der Waals surface area contributed by atoms with Crippen LogP contribution in [0.2, 0.25) is 0 Å². The molecule has 4 rings (SSSR count). The summed E-state index contributed by atoms with van der Waals surface area (Å²) < 4.78 is 1.86. The zero-order valence-corrected chi connectivity index (χ0v) is 15.0. The minimum atomic E-state index is 0.189. The van der Waals surface area contributed by atoms with Gasteiger partial charge in [0, 0.05) is 5.56 Å². The number of piperazine rings is 1. The third kappa shape index (κ3) is 4.19. The van der Waals surface area contributed by atoms with Gasteiger partial charge in [0.05, 0.1) is 38.0 Å². The van der Waals surface area contributed by atoms with Crippen LogP contribution in [-0.2, 0) is 11.3 Å². The third-order valence-corrected chi connectivity index (χ3v) is 5.72. The van der Waals surface area contributed by atoms with Gasteiger partial charge in [0.25, 0.3) is 0 Å². The number of hydrogen-bond acceptors (Lipinski definition) is 5. The standard InChI is InChI=1S/C17H22N6OS/c24-16(13-25-17-18-19-20-23(17)15-6-7-15)22-10-8-21(9-11-22)12-14-4-2-1-3-5-14/h1-5,15H,6-13H2/p+1. The number of aromatic nitrogens is 4. The fourth-order valence-corrected chi connectivity index (χ4v) is 4.03. The summed E-state index contributed by atoms with van der Waals surface area (Å²) in [4.78, 5) is 16.0. The van der Waals surface area contributed by atoms with Crippen LogP contribution in [0.5, 0.6) is 0 Å². The van der Waals surface area contributed by atoms with Gasteiger partial charge in [-0.15, -0.1) is 5.10 Å². The molecular weight excluding hydrogens is 336 g/mol. The third-order valence-electron chi connectivity index (χ3n) is 4.80. The molecule has 0 unspecified atom stereocenters. The summed E-state index contributed by atoms with van der Waals surface area (Å²) in [6, 6.07) is 11.0. The Morgan fingerprint density at radius 1 is 1.20 bits per heavy atom. The monoisotopic (exact) mass is 359 g/mol. The zero-order chi connectivity index (χ0) is 17.1. The average Bonchev–Trinajstić information content (AvgIpc) is 3.39. The molecule has 2 aromatic rings. The van der Waals surface area contributed by atoms with Gasteiger partial charge in [0.2, 0.25) is 11.1 Å². The Balaban J connectivity index is 1.23. The summed E-state index contributed by atoms with van der Waals surface area (Å²) >= 11 is 1.46. The first-order valence-electron chi connectivity index (χ1n) is 8.85. The van der Waals surface area contributed by atoms with E-state index in [-0.39, 0.29) is 5.91 Å². The van der Waals surface area contributed by atoms with E-state index in [1.807, 2.05) is 15.6 Å². The van der Waals surface area contributed by atoms with Crippen LogP contribution in [-0.4, -0.2) is 62.9 Å². The molecule has 132 valence electrons. The predicted octanol–water partition coefficient (Wildman–Crippen LogP) is 0.0274. The molecule has 1 aromatic heterocycles. The van der Waals surface area contributed by atoms with E-state index in [1.54, 1.807) is 4.90 Å². The highest BCUT2D eigenvalue weighted by molar-refractivity contribution is 7.99. The number of carbonyl (C=O) groups is 1. The fraction of sp³-hybridized carbons (Fsp3) is 0.529. The highest BCUT2D eigenvalue weighted by Gasteiger charge is 2.29. The lowest BCUT2D eigenvalue weighted by atomic mass is 10.2. The van der Waals surface area contributed by atoms with Gasteiger partial charge >= 0.3 is 0 Å². The van der Waals surface area contributed by atoms with Gasteiger partial charge in [0.15, 0.2) is 0 Å². The Kier molecular flexibility index (Phi) is 4.98. The van der Waals surface area contributed by atoms with Crippen LogP contribution in [0.4, 0.5) is 0 Å². The van der Waals surface area contributed by atoms with Crippen molar-refractivity contribution in [3.8, 4) is 0 Å². The lowest BCUT2D eigenvalue weighted by Gasteiger charge is -2.32. The summed E-state index contributed by atoms with van der Waals surface area (Å²) in [6.45, 7) is 4.70. The summed E-state index contributed by atoms with van der Waals surface area (Å²) in [5.74, 6) is 0.607.